The zero-order valence-corrected chi connectivity index (χ0v) is 11.8. The van der Waals surface area contributed by atoms with Gasteiger partial charge in [0.2, 0.25) is 0 Å². The molecule has 0 saturated carbocycles. The van der Waals surface area contributed by atoms with Crippen LogP contribution in [0.3, 0.4) is 0 Å². The molecule has 0 fully saturated rings. The Balaban J connectivity index is 1.66. The number of hydrogen-bond donors (Lipinski definition) is 1. The van der Waals surface area contributed by atoms with Gasteiger partial charge in [-0.25, -0.2) is 0 Å². The molecule has 106 valence electrons. The van der Waals surface area contributed by atoms with Crippen molar-refractivity contribution in [3.05, 3.63) is 47.8 Å². The maximum Gasteiger partial charge on any atom is 0.257 e. The van der Waals surface area contributed by atoms with Gasteiger partial charge in [-0.05, 0) is 31.0 Å². The zero-order chi connectivity index (χ0) is 14.4. The molecule has 1 aromatic carbocycles. The fourth-order valence-corrected chi connectivity index (χ4v) is 1.78. The Morgan fingerprint density at radius 2 is 2.10 bits per heavy atom. The molecule has 0 atom stereocenters. The highest BCUT2D eigenvalue weighted by atomic mass is 16.5. The Labute approximate surface area is 118 Å². The summed E-state index contributed by atoms with van der Waals surface area (Å²) in [5, 5.41) is 6.90. The van der Waals surface area contributed by atoms with Gasteiger partial charge in [-0.1, -0.05) is 17.7 Å². The molecule has 2 rings (SSSR count). The highest BCUT2D eigenvalue weighted by Crippen LogP contribution is 2.10. The van der Waals surface area contributed by atoms with E-state index in [1.165, 1.54) is 5.56 Å². The first-order valence-electron chi connectivity index (χ1n) is 6.57. The molecule has 0 aliphatic rings. The topological polar surface area (TPSA) is 56.1 Å². The van der Waals surface area contributed by atoms with E-state index in [0.717, 1.165) is 12.0 Å². The van der Waals surface area contributed by atoms with Crippen molar-refractivity contribution in [2.75, 3.05) is 13.2 Å². The van der Waals surface area contributed by atoms with Crippen LogP contribution in [0.1, 0.15) is 11.1 Å². The lowest BCUT2D eigenvalue weighted by Crippen LogP contribution is -2.30. The Morgan fingerprint density at radius 3 is 2.75 bits per heavy atom. The molecule has 1 N–H and O–H groups in total. The standard InChI is InChI=1S/C15H19N3O2/c1-12-3-5-14(6-4-12)20-11-15(19)16-8-7-13-9-17-18(2)10-13/h3-6,9-10H,7-8,11H2,1-2H3,(H,16,19). The third-order valence-electron chi connectivity index (χ3n) is 2.89. The van der Waals surface area contributed by atoms with Gasteiger partial charge in [0.05, 0.1) is 6.20 Å². The van der Waals surface area contributed by atoms with E-state index in [9.17, 15) is 4.79 Å². The van der Waals surface area contributed by atoms with E-state index in [0.29, 0.717) is 12.3 Å². The maximum atomic E-state index is 11.6. The van der Waals surface area contributed by atoms with Gasteiger partial charge in [0.25, 0.3) is 5.91 Å². The number of carbonyl (C=O) groups is 1. The van der Waals surface area contributed by atoms with Crippen LogP contribution in [0.2, 0.25) is 0 Å². The van der Waals surface area contributed by atoms with Gasteiger partial charge in [-0.2, -0.15) is 5.10 Å². The molecule has 0 unspecified atom stereocenters. The number of rotatable bonds is 6. The van der Waals surface area contributed by atoms with Crippen LogP contribution >= 0.6 is 0 Å². The average Bonchev–Trinajstić information content (AvgIpc) is 2.84. The monoisotopic (exact) mass is 273 g/mol. The number of carbonyl (C=O) groups excluding carboxylic acids is 1. The molecule has 1 heterocycles. The summed E-state index contributed by atoms with van der Waals surface area (Å²) in [7, 11) is 1.87. The number of nitrogens with one attached hydrogen (secondary N) is 1. The molecular formula is C15H19N3O2. The zero-order valence-electron chi connectivity index (χ0n) is 11.8. The first-order chi connectivity index (χ1) is 9.63. The number of hydrogen-bond acceptors (Lipinski definition) is 3. The molecule has 0 saturated heterocycles. The maximum absolute atomic E-state index is 11.6. The van der Waals surface area contributed by atoms with E-state index in [1.807, 2.05) is 44.4 Å². The van der Waals surface area contributed by atoms with Crippen molar-refractivity contribution in [3.8, 4) is 5.75 Å². The second kappa shape index (κ2) is 6.75. The summed E-state index contributed by atoms with van der Waals surface area (Å²) in [6.45, 7) is 2.63. The van der Waals surface area contributed by atoms with E-state index in [2.05, 4.69) is 10.4 Å². The summed E-state index contributed by atoms with van der Waals surface area (Å²) in [4.78, 5) is 11.6. The first-order valence-corrected chi connectivity index (χ1v) is 6.57. The normalized spacial score (nSPS) is 10.3. The minimum Gasteiger partial charge on any atom is -0.484 e. The Hall–Kier alpha value is -2.30. The highest BCUT2D eigenvalue weighted by Gasteiger charge is 2.03. The van der Waals surface area contributed by atoms with Crippen LogP contribution in [0.4, 0.5) is 0 Å². The van der Waals surface area contributed by atoms with Gasteiger partial charge in [0.1, 0.15) is 5.75 Å². The second-order valence-corrected chi connectivity index (χ2v) is 4.72. The Bertz CT molecular complexity index is 561. The largest absolute Gasteiger partial charge is 0.484 e. The molecular weight excluding hydrogens is 254 g/mol. The van der Waals surface area contributed by atoms with Crippen LogP contribution in [0.15, 0.2) is 36.7 Å². The summed E-state index contributed by atoms with van der Waals surface area (Å²) >= 11 is 0. The van der Waals surface area contributed by atoms with E-state index >= 15 is 0 Å². The summed E-state index contributed by atoms with van der Waals surface area (Å²) in [5.74, 6) is 0.590. The number of aromatic nitrogens is 2. The molecule has 5 nitrogen and oxygen atoms in total. The van der Waals surface area contributed by atoms with Gasteiger partial charge >= 0.3 is 0 Å². The molecule has 5 heteroatoms. The third kappa shape index (κ3) is 4.42. The van der Waals surface area contributed by atoms with Crippen LogP contribution in [-0.2, 0) is 18.3 Å². The molecule has 0 bridgehead atoms. The van der Waals surface area contributed by atoms with Crippen molar-refractivity contribution < 1.29 is 9.53 Å². The van der Waals surface area contributed by atoms with Crippen LogP contribution in [0.5, 0.6) is 5.75 Å². The van der Waals surface area contributed by atoms with Gasteiger partial charge in [0.15, 0.2) is 6.61 Å². The molecule has 0 aliphatic heterocycles. The molecule has 1 aromatic heterocycles. The van der Waals surface area contributed by atoms with Crippen LogP contribution in [0.25, 0.3) is 0 Å². The Kier molecular flexibility index (Phi) is 4.76. The number of benzene rings is 1. The quantitative estimate of drug-likeness (QED) is 0.867. The van der Waals surface area contributed by atoms with E-state index in [1.54, 1.807) is 10.9 Å². The molecule has 0 spiro atoms. The molecule has 2 aromatic rings. The lowest BCUT2D eigenvalue weighted by molar-refractivity contribution is -0.123. The van der Waals surface area contributed by atoms with E-state index < -0.39 is 0 Å². The molecule has 1 amide bonds. The number of ether oxygens (including phenoxy) is 1. The third-order valence-corrected chi connectivity index (χ3v) is 2.89. The average molecular weight is 273 g/mol. The summed E-state index contributed by atoms with van der Waals surface area (Å²) < 4.78 is 7.15. The first kappa shape index (κ1) is 14.1. The minimum atomic E-state index is -0.116. The van der Waals surface area contributed by atoms with E-state index in [-0.39, 0.29) is 12.5 Å². The van der Waals surface area contributed by atoms with Crippen molar-refractivity contribution in [2.45, 2.75) is 13.3 Å². The molecule has 0 radical (unpaired) electrons. The van der Waals surface area contributed by atoms with Crippen LogP contribution in [-0.4, -0.2) is 28.8 Å². The van der Waals surface area contributed by atoms with Crippen molar-refractivity contribution in [1.82, 2.24) is 15.1 Å². The van der Waals surface area contributed by atoms with Crippen molar-refractivity contribution >= 4 is 5.91 Å². The molecule has 20 heavy (non-hydrogen) atoms. The number of amides is 1. The fourth-order valence-electron chi connectivity index (χ4n) is 1.78. The SMILES string of the molecule is Cc1ccc(OCC(=O)NCCc2cnn(C)c2)cc1. The van der Waals surface area contributed by atoms with Gasteiger partial charge < -0.3 is 10.1 Å². The minimum absolute atomic E-state index is 0.0378. The van der Waals surface area contributed by atoms with Crippen molar-refractivity contribution in [1.29, 1.82) is 0 Å². The van der Waals surface area contributed by atoms with Crippen LogP contribution < -0.4 is 10.1 Å². The summed E-state index contributed by atoms with van der Waals surface area (Å²) in [5.41, 5.74) is 2.27. The molecule has 0 aliphatic carbocycles. The second-order valence-electron chi connectivity index (χ2n) is 4.72. The predicted octanol–water partition coefficient (Wildman–Crippen LogP) is 1.47. The summed E-state index contributed by atoms with van der Waals surface area (Å²) in [6, 6.07) is 7.63. The number of aryl methyl sites for hydroxylation is 2. The lowest BCUT2D eigenvalue weighted by atomic mass is 10.2. The van der Waals surface area contributed by atoms with Crippen molar-refractivity contribution in [2.24, 2.45) is 7.05 Å². The highest BCUT2D eigenvalue weighted by molar-refractivity contribution is 5.77. The summed E-state index contributed by atoms with van der Waals surface area (Å²) in [6.07, 6.45) is 4.51. The predicted molar refractivity (Wildman–Crippen MR) is 76.6 cm³/mol. The van der Waals surface area contributed by atoms with Crippen molar-refractivity contribution in [3.63, 3.8) is 0 Å². The smallest absolute Gasteiger partial charge is 0.257 e. The fraction of sp³-hybridized carbons (Fsp3) is 0.333. The van der Waals surface area contributed by atoms with Crippen LogP contribution in [0, 0.1) is 6.92 Å². The van der Waals surface area contributed by atoms with Gasteiger partial charge in [-0.3, -0.25) is 9.48 Å². The lowest BCUT2D eigenvalue weighted by Gasteiger charge is -2.07. The van der Waals surface area contributed by atoms with E-state index in [4.69, 9.17) is 4.74 Å². The van der Waals surface area contributed by atoms with Gasteiger partial charge in [0, 0.05) is 19.8 Å². The Morgan fingerprint density at radius 1 is 1.35 bits per heavy atom. The number of nitrogens with zero attached hydrogens (tertiary/aromatic N) is 2. The van der Waals surface area contributed by atoms with Gasteiger partial charge in [-0.15, -0.1) is 0 Å².